The average molecular weight is 156 g/mol. The van der Waals surface area contributed by atoms with Crippen molar-refractivity contribution >= 4 is 0 Å². The molecule has 1 fully saturated rings. The van der Waals surface area contributed by atoms with E-state index in [9.17, 15) is 0 Å². The number of nitrogens with two attached hydrogens (primary N) is 1. The molecule has 2 nitrogen and oxygen atoms in total. The van der Waals surface area contributed by atoms with Gasteiger partial charge in [0.05, 0.1) is 0 Å². The molecule has 0 aromatic carbocycles. The van der Waals surface area contributed by atoms with Crippen LogP contribution in [-0.2, 0) is 0 Å². The van der Waals surface area contributed by atoms with Crippen molar-refractivity contribution in [1.29, 1.82) is 0 Å². The zero-order valence-electron chi connectivity index (χ0n) is 7.64. The molecule has 0 amide bonds. The van der Waals surface area contributed by atoms with Gasteiger partial charge in [0.1, 0.15) is 0 Å². The van der Waals surface area contributed by atoms with Gasteiger partial charge in [-0.2, -0.15) is 0 Å². The topological polar surface area (TPSA) is 38.0 Å². The second-order valence-corrected chi connectivity index (χ2v) is 3.74. The molecule has 0 aromatic heterocycles. The molecular weight excluding hydrogens is 136 g/mol. The third-order valence-corrected chi connectivity index (χ3v) is 2.69. The van der Waals surface area contributed by atoms with Crippen LogP contribution in [0.15, 0.2) is 0 Å². The first-order valence-corrected chi connectivity index (χ1v) is 4.71. The highest BCUT2D eigenvalue weighted by Gasteiger charge is 2.31. The van der Waals surface area contributed by atoms with Crippen molar-refractivity contribution in [2.45, 2.75) is 32.7 Å². The summed E-state index contributed by atoms with van der Waals surface area (Å²) in [5.74, 6) is 1.59. The summed E-state index contributed by atoms with van der Waals surface area (Å²) in [5, 5.41) is 3.53. The van der Waals surface area contributed by atoms with Crippen molar-refractivity contribution in [3.05, 3.63) is 0 Å². The average Bonchev–Trinajstić information content (AvgIpc) is 2.69. The van der Waals surface area contributed by atoms with E-state index in [0.29, 0.717) is 5.92 Å². The van der Waals surface area contributed by atoms with Gasteiger partial charge in [0.25, 0.3) is 0 Å². The van der Waals surface area contributed by atoms with E-state index >= 15 is 0 Å². The normalized spacial score (nSPS) is 31.9. The molecule has 2 heteroatoms. The molecule has 0 aromatic rings. The van der Waals surface area contributed by atoms with Crippen molar-refractivity contribution < 1.29 is 0 Å². The summed E-state index contributed by atoms with van der Waals surface area (Å²) in [5.41, 5.74) is 5.58. The first-order valence-electron chi connectivity index (χ1n) is 4.71. The minimum absolute atomic E-state index is 0.683. The molecule has 66 valence electrons. The van der Waals surface area contributed by atoms with Crippen molar-refractivity contribution in [2.75, 3.05) is 13.1 Å². The molecule has 3 N–H and O–H groups in total. The van der Waals surface area contributed by atoms with E-state index in [-0.39, 0.29) is 0 Å². The lowest BCUT2D eigenvalue weighted by Gasteiger charge is -2.12. The highest BCUT2D eigenvalue weighted by atomic mass is 15.0. The summed E-state index contributed by atoms with van der Waals surface area (Å²) in [7, 11) is 0. The van der Waals surface area contributed by atoms with Crippen LogP contribution in [0.5, 0.6) is 0 Å². The largest absolute Gasteiger partial charge is 0.330 e. The van der Waals surface area contributed by atoms with E-state index < -0.39 is 0 Å². The maximum atomic E-state index is 5.58. The van der Waals surface area contributed by atoms with Gasteiger partial charge in [0.2, 0.25) is 0 Å². The van der Waals surface area contributed by atoms with Gasteiger partial charge in [0, 0.05) is 6.04 Å². The van der Waals surface area contributed by atoms with E-state index in [0.717, 1.165) is 25.0 Å². The maximum absolute atomic E-state index is 5.58. The highest BCUT2D eigenvalue weighted by Crippen LogP contribution is 2.28. The standard InChI is InChI=1S/C9H20N2/c1-3-8(5-10)6-11-9-4-7(9)2/h7-9,11H,3-6,10H2,1-2H3. The zero-order chi connectivity index (χ0) is 8.27. The molecule has 0 spiro atoms. The zero-order valence-corrected chi connectivity index (χ0v) is 7.64. The molecule has 0 bridgehead atoms. The third-order valence-electron chi connectivity index (χ3n) is 2.69. The van der Waals surface area contributed by atoms with Gasteiger partial charge in [-0.05, 0) is 31.3 Å². The Labute approximate surface area is 69.5 Å². The molecule has 0 saturated heterocycles. The Morgan fingerprint density at radius 3 is 2.64 bits per heavy atom. The fourth-order valence-electron chi connectivity index (χ4n) is 1.32. The Bertz CT molecular complexity index is 110. The smallest absolute Gasteiger partial charge is 0.00965 e. The predicted molar refractivity (Wildman–Crippen MR) is 48.4 cm³/mol. The van der Waals surface area contributed by atoms with Crippen molar-refractivity contribution in [3.8, 4) is 0 Å². The van der Waals surface area contributed by atoms with E-state index in [1.165, 1.54) is 12.8 Å². The van der Waals surface area contributed by atoms with Gasteiger partial charge < -0.3 is 11.1 Å². The highest BCUT2D eigenvalue weighted by molar-refractivity contribution is 4.89. The van der Waals surface area contributed by atoms with Crippen LogP contribution < -0.4 is 11.1 Å². The number of rotatable bonds is 5. The molecule has 1 aliphatic rings. The fraction of sp³-hybridized carbons (Fsp3) is 1.00. The maximum Gasteiger partial charge on any atom is 0.00965 e. The lowest BCUT2D eigenvalue weighted by atomic mass is 10.1. The van der Waals surface area contributed by atoms with Crippen LogP contribution in [0.1, 0.15) is 26.7 Å². The van der Waals surface area contributed by atoms with Crippen LogP contribution in [0.4, 0.5) is 0 Å². The van der Waals surface area contributed by atoms with Crippen LogP contribution in [0.25, 0.3) is 0 Å². The monoisotopic (exact) mass is 156 g/mol. The summed E-state index contributed by atoms with van der Waals surface area (Å²) >= 11 is 0. The summed E-state index contributed by atoms with van der Waals surface area (Å²) < 4.78 is 0. The van der Waals surface area contributed by atoms with Gasteiger partial charge in [0.15, 0.2) is 0 Å². The molecular formula is C9H20N2. The first kappa shape index (κ1) is 9.01. The molecule has 11 heavy (non-hydrogen) atoms. The Kier molecular flexibility index (Phi) is 3.34. The minimum Gasteiger partial charge on any atom is -0.330 e. The second kappa shape index (κ2) is 4.07. The first-order chi connectivity index (χ1) is 5.27. The minimum atomic E-state index is 0.683. The van der Waals surface area contributed by atoms with Crippen LogP contribution in [0.3, 0.4) is 0 Å². The molecule has 3 atom stereocenters. The van der Waals surface area contributed by atoms with Crippen LogP contribution >= 0.6 is 0 Å². The molecule has 0 radical (unpaired) electrons. The lowest BCUT2D eigenvalue weighted by molar-refractivity contribution is 0.464. The SMILES string of the molecule is CCC(CN)CNC1CC1C. The molecule has 1 saturated carbocycles. The van der Waals surface area contributed by atoms with Gasteiger partial charge in [-0.25, -0.2) is 0 Å². The second-order valence-electron chi connectivity index (χ2n) is 3.74. The number of hydrogen-bond donors (Lipinski definition) is 2. The predicted octanol–water partition coefficient (Wildman–Crippen LogP) is 0.969. The summed E-state index contributed by atoms with van der Waals surface area (Å²) in [4.78, 5) is 0. The Balaban J connectivity index is 2.01. The van der Waals surface area contributed by atoms with Crippen LogP contribution in [0, 0.1) is 11.8 Å². The van der Waals surface area contributed by atoms with Crippen LogP contribution in [0.2, 0.25) is 0 Å². The van der Waals surface area contributed by atoms with Crippen molar-refractivity contribution in [3.63, 3.8) is 0 Å². The van der Waals surface area contributed by atoms with E-state index in [2.05, 4.69) is 19.2 Å². The molecule has 0 aliphatic heterocycles. The van der Waals surface area contributed by atoms with Gasteiger partial charge >= 0.3 is 0 Å². The Morgan fingerprint density at radius 2 is 2.27 bits per heavy atom. The summed E-state index contributed by atoms with van der Waals surface area (Å²) in [6.45, 7) is 6.43. The van der Waals surface area contributed by atoms with Crippen LogP contribution in [-0.4, -0.2) is 19.1 Å². The molecule has 1 aliphatic carbocycles. The van der Waals surface area contributed by atoms with Gasteiger partial charge in [-0.3, -0.25) is 0 Å². The molecule has 0 heterocycles. The molecule has 3 unspecified atom stereocenters. The fourth-order valence-corrected chi connectivity index (χ4v) is 1.32. The summed E-state index contributed by atoms with van der Waals surface area (Å²) in [6, 6.07) is 0.801. The van der Waals surface area contributed by atoms with Gasteiger partial charge in [-0.15, -0.1) is 0 Å². The quantitative estimate of drug-likeness (QED) is 0.622. The van der Waals surface area contributed by atoms with Gasteiger partial charge in [-0.1, -0.05) is 20.3 Å². The summed E-state index contributed by atoms with van der Waals surface area (Å²) in [6.07, 6.45) is 2.56. The van der Waals surface area contributed by atoms with Crippen molar-refractivity contribution in [1.82, 2.24) is 5.32 Å². The number of hydrogen-bond acceptors (Lipinski definition) is 2. The Hall–Kier alpha value is -0.0800. The van der Waals surface area contributed by atoms with Crippen molar-refractivity contribution in [2.24, 2.45) is 17.6 Å². The number of nitrogens with one attached hydrogen (secondary N) is 1. The third kappa shape index (κ3) is 2.80. The molecule has 1 rings (SSSR count). The van der Waals surface area contributed by atoms with E-state index in [4.69, 9.17) is 5.73 Å². The van der Waals surface area contributed by atoms with E-state index in [1.807, 2.05) is 0 Å². The van der Waals surface area contributed by atoms with E-state index in [1.54, 1.807) is 0 Å². The lowest BCUT2D eigenvalue weighted by Crippen LogP contribution is -2.29. The Morgan fingerprint density at radius 1 is 1.64 bits per heavy atom.